The van der Waals surface area contributed by atoms with Gasteiger partial charge in [0, 0.05) is 0 Å². The van der Waals surface area contributed by atoms with E-state index in [9.17, 15) is 26.3 Å². The van der Waals surface area contributed by atoms with Crippen molar-refractivity contribution in [2.24, 2.45) is 0 Å². The fraction of sp³-hybridized carbons (Fsp3) is 1.00. The molecule has 0 bridgehead atoms. The topological polar surface area (TPSA) is 0 Å². The summed E-state index contributed by atoms with van der Waals surface area (Å²) in [5, 5.41) is -4.88. The Morgan fingerprint density at radius 3 is 1.30 bits per heavy atom. The first kappa shape index (κ1) is 9.87. The zero-order valence-corrected chi connectivity index (χ0v) is 4.98. The Labute approximate surface area is 56.8 Å². The second kappa shape index (κ2) is 2.48. The lowest BCUT2D eigenvalue weighted by Gasteiger charge is -2.15. The van der Waals surface area contributed by atoms with Crippen LogP contribution in [0.25, 0.3) is 0 Å². The quantitative estimate of drug-likeness (QED) is 0.436. The van der Waals surface area contributed by atoms with Gasteiger partial charge in [-0.1, -0.05) is 0 Å². The average molecular weight is 186 g/mol. The lowest BCUT2D eigenvalue weighted by Crippen LogP contribution is -2.37. The summed E-state index contributed by atoms with van der Waals surface area (Å²) in [6.07, 6.45) is -9.91. The normalized spacial score (nSPS) is 17.1. The van der Waals surface area contributed by atoms with Crippen molar-refractivity contribution in [3.8, 4) is 0 Å². The zero-order chi connectivity index (χ0) is 8.58. The summed E-state index contributed by atoms with van der Waals surface area (Å²) in [6.45, 7) is 0. The zero-order valence-electron chi connectivity index (χ0n) is 4.22. The molecule has 0 fully saturated rings. The molecule has 0 aromatic carbocycles. The van der Waals surface area contributed by atoms with Gasteiger partial charge in [0.25, 0.3) is 6.17 Å². The summed E-state index contributed by atoms with van der Waals surface area (Å²) < 4.78 is 67.0. The van der Waals surface area contributed by atoms with E-state index in [1.807, 2.05) is 0 Å². The molecule has 0 spiro atoms. The molecular formula is C3HClF6. The van der Waals surface area contributed by atoms with Gasteiger partial charge >= 0.3 is 11.6 Å². The van der Waals surface area contributed by atoms with Crippen molar-refractivity contribution < 1.29 is 26.3 Å². The second-order valence-electron chi connectivity index (χ2n) is 1.45. The van der Waals surface area contributed by atoms with Gasteiger partial charge in [0.05, 0.1) is 0 Å². The standard InChI is InChI=1S/C3HClF6/c4-2(6,7)1(5)3(8,9)10/h1H. The van der Waals surface area contributed by atoms with Crippen LogP contribution in [-0.4, -0.2) is 17.7 Å². The van der Waals surface area contributed by atoms with Gasteiger partial charge in [0.2, 0.25) is 0 Å². The van der Waals surface area contributed by atoms with Gasteiger partial charge in [-0.15, -0.1) is 0 Å². The first-order valence-corrected chi connectivity index (χ1v) is 2.31. The van der Waals surface area contributed by atoms with Crippen LogP contribution in [0.15, 0.2) is 0 Å². The van der Waals surface area contributed by atoms with Crippen LogP contribution in [0.1, 0.15) is 0 Å². The van der Waals surface area contributed by atoms with Gasteiger partial charge in [-0.3, -0.25) is 0 Å². The first-order chi connectivity index (χ1) is 4.15. The Balaban J connectivity index is 4.23. The van der Waals surface area contributed by atoms with Crippen molar-refractivity contribution in [1.82, 2.24) is 0 Å². The first-order valence-electron chi connectivity index (χ1n) is 1.93. The molecule has 0 aliphatic rings. The maximum absolute atomic E-state index is 11.4. The van der Waals surface area contributed by atoms with E-state index in [-0.39, 0.29) is 0 Å². The molecule has 0 saturated carbocycles. The van der Waals surface area contributed by atoms with E-state index >= 15 is 0 Å². The van der Waals surface area contributed by atoms with Crippen molar-refractivity contribution in [2.45, 2.75) is 17.7 Å². The Morgan fingerprint density at radius 2 is 1.30 bits per heavy atom. The minimum Gasteiger partial charge on any atom is -0.229 e. The largest absolute Gasteiger partial charge is 0.427 e. The molecule has 0 aromatic heterocycles. The Bertz CT molecular complexity index is 97.1. The molecule has 0 aliphatic carbocycles. The van der Waals surface area contributed by atoms with Crippen molar-refractivity contribution >= 4 is 11.6 Å². The number of hydrogen-bond donors (Lipinski definition) is 0. The summed E-state index contributed by atoms with van der Waals surface area (Å²) in [6, 6.07) is 0. The van der Waals surface area contributed by atoms with Gasteiger partial charge < -0.3 is 0 Å². The molecule has 0 heterocycles. The molecule has 0 amide bonds. The van der Waals surface area contributed by atoms with Crippen LogP contribution < -0.4 is 0 Å². The van der Waals surface area contributed by atoms with Crippen LogP contribution in [0.5, 0.6) is 0 Å². The molecule has 10 heavy (non-hydrogen) atoms. The van der Waals surface area contributed by atoms with E-state index in [1.54, 1.807) is 0 Å². The molecule has 62 valence electrons. The molecule has 0 aromatic rings. The lowest BCUT2D eigenvalue weighted by atomic mass is 10.4. The minimum absolute atomic E-state index is 3.74. The van der Waals surface area contributed by atoms with E-state index in [4.69, 9.17) is 0 Å². The Morgan fingerprint density at radius 1 is 1.00 bits per heavy atom. The monoisotopic (exact) mass is 186 g/mol. The maximum Gasteiger partial charge on any atom is 0.427 e. The SMILES string of the molecule is FC(C(F)(F)F)C(F)(F)Cl. The minimum atomic E-state index is -5.61. The van der Waals surface area contributed by atoms with E-state index in [0.29, 0.717) is 0 Å². The number of halogens is 7. The predicted molar refractivity (Wildman–Crippen MR) is 21.8 cm³/mol. The highest BCUT2D eigenvalue weighted by Gasteiger charge is 2.55. The number of rotatable bonds is 1. The average Bonchev–Trinajstić information content (AvgIpc) is 1.59. The van der Waals surface area contributed by atoms with Crippen LogP contribution in [-0.2, 0) is 0 Å². The molecule has 1 atom stereocenters. The summed E-state index contributed by atoms with van der Waals surface area (Å²) >= 11 is 3.74. The van der Waals surface area contributed by atoms with Crippen molar-refractivity contribution in [3.63, 3.8) is 0 Å². The fourth-order valence-corrected chi connectivity index (χ4v) is 0.309. The summed E-state index contributed by atoms with van der Waals surface area (Å²) in [4.78, 5) is 0. The number of hydrogen-bond acceptors (Lipinski definition) is 0. The maximum atomic E-state index is 11.4. The van der Waals surface area contributed by atoms with Gasteiger partial charge in [0.15, 0.2) is 0 Å². The summed E-state index contributed by atoms with van der Waals surface area (Å²) in [5.74, 6) is 0. The summed E-state index contributed by atoms with van der Waals surface area (Å²) in [7, 11) is 0. The molecular weight excluding hydrogens is 185 g/mol. The van der Waals surface area contributed by atoms with E-state index in [2.05, 4.69) is 11.6 Å². The van der Waals surface area contributed by atoms with Crippen molar-refractivity contribution in [3.05, 3.63) is 0 Å². The fourth-order valence-electron chi connectivity index (χ4n) is 0.186. The van der Waals surface area contributed by atoms with Crippen LogP contribution in [0.3, 0.4) is 0 Å². The van der Waals surface area contributed by atoms with E-state index in [0.717, 1.165) is 0 Å². The molecule has 0 aliphatic heterocycles. The highest BCUT2D eigenvalue weighted by molar-refractivity contribution is 6.22. The third-order valence-electron chi connectivity index (χ3n) is 0.575. The number of alkyl halides is 7. The van der Waals surface area contributed by atoms with Crippen LogP contribution >= 0.6 is 11.6 Å². The molecule has 1 unspecified atom stereocenters. The highest BCUT2D eigenvalue weighted by Crippen LogP contribution is 2.37. The smallest absolute Gasteiger partial charge is 0.229 e. The summed E-state index contributed by atoms with van der Waals surface area (Å²) in [5.41, 5.74) is 0. The molecule has 0 saturated heterocycles. The van der Waals surface area contributed by atoms with Crippen LogP contribution in [0.2, 0.25) is 0 Å². The van der Waals surface area contributed by atoms with E-state index in [1.165, 1.54) is 0 Å². The third kappa shape index (κ3) is 2.64. The van der Waals surface area contributed by atoms with Crippen molar-refractivity contribution in [2.75, 3.05) is 0 Å². The van der Waals surface area contributed by atoms with Crippen LogP contribution in [0, 0.1) is 0 Å². The second-order valence-corrected chi connectivity index (χ2v) is 1.95. The van der Waals surface area contributed by atoms with Gasteiger partial charge in [-0.25, -0.2) is 4.39 Å². The lowest BCUT2D eigenvalue weighted by molar-refractivity contribution is -0.222. The molecule has 0 nitrogen and oxygen atoms in total. The van der Waals surface area contributed by atoms with Crippen LogP contribution in [0.4, 0.5) is 26.3 Å². The van der Waals surface area contributed by atoms with Gasteiger partial charge in [0.1, 0.15) is 0 Å². The van der Waals surface area contributed by atoms with Gasteiger partial charge in [-0.05, 0) is 11.6 Å². The third-order valence-corrected chi connectivity index (χ3v) is 0.766. The van der Waals surface area contributed by atoms with E-state index < -0.39 is 17.7 Å². The predicted octanol–water partition coefficient (Wildman–Crippen LogP) is 2.72. The highest BCUT2D eigenvalue weighted by atomic mass is 35.5. The molecule has 7 heteroatoms. The van der Waals surface area contributed by atoms with Crippen molar-refractivity contribution in [1.29, 1.82) is 0 Å². The Kier molecular flexibility index (Phi) is 2.45. The van der Waals surface area contributed by atoms with Gasteiger partial charge in [-0.2, -0.15) is 22.0 Å². The Hall–Kier alpha value is -0.130. The molecule has 0 radical (unpaired) electrons. The molecule has 0 rings (SSSR count). The molecule has 0 N–H and O–H groups in total.